The second-order valence-corrected chi connectivity index (χ2v) is 6.78. The number of nitrogens with one attached hydrogen (secondary N) is 1. The molecule has 0 radical (unpaired) electrons. The van der Waals surface area contributed by atoms with E-state index in [0.717, 1.165) is 11.8 Å². The van der Waals surface area contributed by atoms with Crippen LogP contribution in [0.25, 0.3) is 0 Å². The van der Waals surface area contributed by atoms with Crippen LogP contribution in [0.4, 0.5) is 5.69 Å². The van der Waals surface area contributed by atoms with Crippen LogP contribution in [0, 0.1) is 10.1 Å². The lowest BCUT2D eigenvalue weighted by molar-refractivity contribution is -0.387. The molecular weight excluding hydrogens is 368 g/mol. The lowest BCUT2D eigenvalue weighted by Gasteiger charge is -2.40. The van der Waals surface area contributed by atoms with Crippen molar-refractivity contribution in [3.05, 3.63) is 34.4 Å². The summed E-state index contributed by atoms with van der Waals surface area (Å²) in [5.74, 6) is -0.296. The summed E-state index contributed by atoms with van der Waals surface area (Å²) in [4.78, 5) is 22.9. The van der Waals surface area contributed by atoms with Crippen molar-refractivity contribution in [1.29, 1.82) is 0 Å². The predicted octanol–water partition coefficient (Wildman–Crippen LogP) is -1.01. The highest BCUT2D eigenvalue weighted by Crippen LogP contribution is 2.29. The number of amides is 1. The van der Waals surface area contributed by atoms with Gasteiger partial charge in [0, 0.05) is 18.2 Å². The third kappa shape index (κ3) is 4.90. The largest absolute Gasteiger partial charge is 0.394 e. The monoisotopic (exact) mass is 388 g/mol. The Bertz CT molecular complexity index is 646. The fourth-order valence-electron chi connectivity index (χ4n) is 2.49. The number of thioether (sulfide) groups is 1. The molecule has 1 aromatic rings. The van der Waals surface area contributed by atoms with Crippen molar-refractivity contribution < 1.29 is 34.9 Å². The summed E-state index contributed by atoms with van der Waals surface area (Å²) >= 11 is 1.13. The second-order valence-electron chi connectivity index (χ2n) is 5.65. The number of nitrogens with zero attached hydrogens (tertiary/aromatic N) is 1. The van der Waals surface area contributed by atoms with Gasteiger partial charge < -0.3 is 30.5 Å². The zero-order chi connectivity index (χ0) is 19.3. The first-order valence-electron chi connectivity index (χ1n) is 7.81. The molecule has 0 aliphatic carbocycles. The average Bonchev–Trinajstić information content (AvgIpc) is 2.62. The molecule has 1 aromatic carbocycles. The SMILES string of the molecule is O=C(CCSc1ccccc1[N+](=O)[O-])NC1C(O)OC(CO)C(O)C1O. The summed E-state index contributed by atoms with van der Waals surface area (Å²) in [6.45, 7) is -0.595. The van der Waals surface area contributed by atoms with Crippen molar-refractivity contribution in [2.75, 3.05) is 12.4 Å². The minimum Gasteiger partial charge on any atom is -0.394 e. The maximum atomic E-state index is 12.0. The lowest BCUT2D eigenvalue weighted by Crippen LogP contribution is -2.64. The first-order valence-corrected chi connectivity index (χ1v) is 8.79. The van der Waals surface area contributed by atoms with E-state index in [1.54, 1.807) is 18.2 Å². The molecule has 11 heteroatoms. The zero-order valence-electron chi connectivity index (χ0n) is 13.6. The van der Waals surface area contributed by atoms with Crippen LogP contribution < -0.4 is 5.32 Å². The fourth-order valence-corrected chi connectivity index (χ4v) is 3.47. The van der Waals surface area contributed by atoms with Gasteiger partial charge in [0.25, 0.3) is 5.69 Å². The van der Waals surface area contributed by atoms with Gasteiger partial charge in [-0.05, 0) is 6.07 Å². The van der Waals surface area contributed by atoms with Crippen LogP contribution in [0.15, 0.2) is 29.2 Å². The highest BCUT2D eigenvalue weighted by atomic mass is 32.2. The van der Waals surface area contributed by atoms with E-state index in [4.69, 9.17) is 9.84 Å². The van der Waals surface area contributed by atoms with E-state index in [9.17, 15) is 30.2 Å². The van der Waals surface area contributed by atoms with Gasteiger partial charge in [-0.15, -0.1) is 11.8 Å². The molecule has 0 aromatic heterocycles. The summed E-state index contributed by atoms with van der Waals surface area (Å²) in [6, 6.07) is 4.89. The van der Waals surface area contributed by atoms with E-state index in [1.807, 2.05) is 0 Å². The summed E-state index contributed by atoms with van der Waals surface area (Å²) in [5, 5.41) is 51.9. The Morgan fingerprint density at radius 3 is 2.62 bits per heavy atom. The summed E-state index contributed by atoms with van der Waals surface area (Å²) in [6.07, 6.45) is -5.75. The molecule has 5 atom stereocenters. The van der Waals surface area contributed by atoms with Crippen molar-refractivity contribution in [2.24, 2.45) is 0 Å². The average molecular weight is 388 g/mol. The number of para-hydroxylation sites is 1. The molecule has 1 amide bonds. The summed E-state index contributed by atoms with van der Waals surface area (Å²) in [5.41, 5.74) is -0.0531. The maximum absolute atomic E-state index is 12.0. The van der Waals surface area contributed by atoms with Gasteiger partial charge in [-0.1, -0.05) is 12.1 Å². The topological polar surface area (TPSA) is 162 Å². The molecule has 5 N–H and O–H groups in total. The third-order valence-electron chi connectivity index (χ3n) is 3.88. The number of nitro benzene ring substituents is 1. The Morgan fingerprint density at radius 2 is 1.96 bits per heavy atom. The first-order chi connectivity index (χ1) is 12.3. The van der Waals surface area contributed by atoms with Crippen LogP contribution in [-0.2, 0) is 9.53 Å². The van der Waals surface area contributed by atoms with Gasteiger partial charge >= 0.3 is 0 Å². The van der Waals surface area contributed by atoms with Crippen LogP contribution in [0.1, 0.15) is 6.42 Å². The van der Waals surface area contributed by atoms with Crippen LogP contribution in [0.2, 0.25) is 0 Å². The zero-order valence-corrected chi connectivity index (χ0v) is 14.4. The quantitative estimate of drug-likeness (QED) is 0.224. The van der Waals surface area contributed by atoms with Crippen molar-refractivity contribution in [1.82, 2.24) is 5.32 Å². The van der Waals surface area contributed by atoms with Gasteiger partial charge in [-0.25, -0.2) is 0 Å². The van der Waals surface area contributed by atoms with Gasteiger partial charge in [0.1, 0.15) is 24.4 Å². The number of benzene rings is 1. The normalized spacial score (nSPS) is 28.5. The number of aliphatic hydroxyl groups is 4. The van der Waals surface area contributed by atoms with Gasteiger partial charge in [0.05, 0.1) is 16.4 Å². The molecule has 1 heterocycles. The molecule has 1 aliphatic rings. The molecule has 1 saturated heterocycles. The molecule has 1 aliphatic heterocycles. The lowest BCUT2D eigenvalue weighted by atomic mass is 9.97. The standard InChI is InChI=1S/C15H20N2O8S/c18-7-9-13(20)14(21)12(15(22)25-9)16-11(19)5-6-26-10-4-2-1-3-8(10)17(23)24/h1-4,9,12-15,18,20-22H,5-7H2,(H,16,19). The van der Waals surface area contributed by atoms with Gasteiger partial charge in [0.15, 0.2) is 6.29 Å². The Labute approximate surface area is 152 Å². The van der Waals surface area contributed by atoms with Crippen molar-refractivity contribution in [2.45, 2.75) is 42.0 Å². The van der Waals surface area contributed by atoms with Crippen LogP contribution in [0.3, 0.4) is 0 Å². The third-order valence-corrected chi connectivity index (χ3v) is 4.94. The predicted molar refractivity (Wildman–Crippen MR) is 90.3 cm³/mol. The molecule has 2 rings (SSSR count). The Kier molecular flexibility index (Phi) is 7.32. The maximum Gasteiger partial charge on any atom is 0.282 e. The highest BCUT2D eigenvalue weighted by Gasteiger charge is 2.44. The number of aliphatic hydroxyl groups excluding tert-OH is 4. The number of ether oxygens (including phenoxy) is 1. The van der Waals surface area contributed by atoms with Crippen molar-refractivity contribution >= 4 is 23.4 Å². The van der Waals surface area contributed by atoms with E-state index >= 15 is 0 Å². The van der Waals surface area contributed by atoms with Gasteiger partial charge in [-0.2, -0.15) is 0 Å². The molecule has 0 saturated carbocycles. The molecule has 144 valence electrons. The summed E-state index contributed by atoms with van der Waals surface area (Å²) in [7, 11) is 0. The Hall–Kier alpha value is -1.76. The number of carbonyl (C=O) groups is 1. The van der Waals surface area contributed by atoms with Crippen molar-refractivity contribution in [3.63, 3.8) is 0 Å². The molecule has 0 bridgehead atoms. The van der Waals surface area contributed by atoms with Crippen LogP contribution >= 0.6 is 11.8 Å². The molecule has 5 unspecified atom stereocenters. The minimum atomic E-state index is -1.59. The molecule has 0 spiro atoms. The molecule has 26 heavy (non-hydrogen) atoms. The number of nitro groups is 1. The second kappa shape index (κ2) is 9.26. The Morgan fingerprint density at radius 1 is 1.27 bits per heavy atom. The van der Waals surface area contributed by atoms with E-state index in [2.05, 4.69) is 5.32 Å². The Balaban J connectivity index is 1.86. The van der Waals surface area contributed by atoms with Crippen LogP contribution in [-0.4, -0.2) is 74.3 Å². The smallest absolute Gasteiger partial charge is 0.282 e. The van der Waals surface area contributed by atoms with Gasteiger partial charge in [0.2, 0.25) is 5.91 Å². The first kappa shape index (κ1) is 20.6. The number of hydrogen-bond donors (Lipinski definition) is 5. The molecule has 1 fully saturated rings. The molecular formula is C15H20N2O8S. The van der Waals surface area contributed by atoms with E-state index < -0.39 is 48.1 Å². The van der Waals surface area contributed by atoms with E-state index in [-0.39, 0.29) is 17.9 Å². The van der Waals surface area contributed by atoms with E-state index in [1.165, 1.54) is 6.07 Å². The van der Waals surface area contributed by atoms with E-state index in [0.29, 0.717) is 4.90 Å². The minimum absolute atomic E-state index is 0.0355. The van der Waals surface area contributed by atoms with Gasteiger partial charge in [-0.3, -0.25) is 14.9 Å². The number of hydrogen-bond acceptors (Lipinski definition) is 9. The molecule has 10 nitrogen and oxygen atoms in total. The number of carbonyl (C=O) groups excluding carboxylic acids is 1. The fraction of sp³-hybridized carbons (Fsp3) is 0.533. The van der Waals surface area contributed by atoms with Crippen LogP contribution in [0.5, 0.6) is 0 Å². The number of rotatable bonds is 7. The summed E-state index contributed by atoms with van der Waals surface area (Å²) < 4.78 is 4.95. The van der Waals surface area contributed by atoms with Crippen molar-refractivity contribution in [3.8, 4) is 0 Å². The highest BCUT2D eigenvalue weighted by molar-refractivity contribution is 7.99.